The van der Waals surface area contributed by atoms with Crippen LogP contribution in [0.5, 0.6) is 0 Å². The lowest BCUT2D eigenvalue weighted by Gasteiger charge is -2.20. The van der Waals surface area contributed by atoms with Crippen molar-refractivity contribution in [2.45, 2.75) is 18.4 Å². The molecule has 2 aromatic rings. The molecule has 0 radical (unpaired) electrons. The van der Waals surface area contributed by atoms with Crippen LogP contribution in [0.3, 0.4) is 0 Å². The molecule has 1 N–H and O–H groups in total. The molecule has 0 fully saturated rings. The molecule has 0 aliphatic rings. The van der Waals surface area contributed by atoms with E-state index in [-0.39, 0.29) is 23.7 Å². The molecule has 0 spiro atoms. The third-order valence-electron chi connectivity index (χ3n) is 3.67. The molecule has 2 rings (SSSR count). The summed E-state index contributed by atoms with van der Waals surface area (Å²) in [6, 6.07) is 8.19. The van der Waals surface area contributed by atoms with Gasteiger partial charge in [0.05, 0.1) is 22.9 Å². The highest BCUT2D eigenvalue weighted by atomic mass is 32.2. The first-order valence-corrected chi connectivity index (χ1v) is 9.97. The highest BCUT2D eigenvalue weighted by Gasteiger charge is 2.21. The number of likely N-dealkylation sites (N-methyl/N-ethyl adjacent to an activating group) is 1. The van der Waals surface area contributed by atoms with Crippen LogP contribution in [0.4, 0.5) is 5.69 Å². The predicted molar refractivity (Wildman–Crippen MR) is 103 cm³/mol. The number of carbonyl (C=O) groups excluding carboxylic acids is 2. The van der Waals surface area contributed by atoms with E-state index >= 15 is 0 Å². The normalized spacial score (nSPS) is 10.4. The fourth-order valence-corrected chi connectivity index (χ4v) is 3.49. The van der Waals surface area contributed by atoms with Gasteiger partial charge in [-0.25, -0.2) is 0 Å². The maximum Gasteiger partial charge on any atom is 0.283 e. The van der Waals surface area contributed by atoms with Crippen LogP contribution in [-0.4, -0.2) is 41.0 Å². The second-order valence-electron chi connectivity index (χ2n) is 5.32. The van der Waals surface area contributed by atoms with Crippen molar-refractivity contribution in [1.82, 2.24) is 10.2 Å². The Morgan fingerprint density at radius 2 is 2.12 bits per heavy atom. The number of hydrogen-bond donors (Lipinski definition) is 1. The fourth-order valence-electron chi connectivity index (χ4n) is 2.30. The summed E-state index contributed by atoms with van der Waals surface area (Å²) >= 11 is 2.78. The third kappa shape index (κ3) is 5.06. The summed E-state index contributed by atoms with van der Waals surface area (Å²) in [6.45, 7) is 2.40. The SMILES string of the molecule is CCN(CC(=O)NCc1cccs1)C(=O)c1ccc(SC)c([N+](=O)[O-])c1. The molecule has 0 bridgehead atoms. The van der Waals surface area contributed by atoms with Gasteiger partial charge in [0.15, 0.2) is 0 Å². The zero-order chi connectivity index (χ0) is 19.1. The number of nitrogens with one attached hydrogen (secondary N) is 1. The Bertz CT molecular complexity index is 793. The Morgan fingerprint density at radius 3 is 2.69 bits per heavy atom. The largest absolute Gasteiger partial charge is 0.350 e. The molecule has 0 aliphatic heterocycles. The summed E-state index contributed by atoms with van der Waals surface area (Å²) in [6.07, 6.45) is 1.74. The maximum absolute atomic E-state index is 12.6. The molecule has 26 heavy (non-hydrogen) atoms. The lowest BCUT2D eigenvalue weighted by atomic mass is 10.1. The molecule has 2 amide bonds. The minimum absolute atomic E-state index is 0.0984. The van der Waals surface area contributed by atoms with E-state index in [9.17, 15) is 19.7 Å². The molecule has 9 heteroatoms. The van der Waals surface area contributed by atoms with Crippen molar-refractivity contribution in [1.29, 1.82) is 0 Å². The molecule has 0 unspecified atom stereocenters. The summed E-state index contributed by atoms with van der Waals surface area (Å²) < 4.78 is 0. The molecule has 1 aromatic heterocycles. The van der Waals surface area contributed by atoms with Gasteiger partial charge in [-0.3, -0.25) is 19.7 Å². The molecule has 1 heterocycles. The summed E-state index contributed by atoms with van der Waals surface area (Å²) in [4.78, 5) is 38.3. The van der Waals surface area contributed by atoms with Crippen LogP contribution in [-0.2, 0) is 11.3 Å². The first kappa shape index (κ1) is 19.9. The number of benzene rings is 1. The van der Waals surface area contributed by atoms with Gasteiger partial charge in [0, 0.05) is 23.1 Å². The Morgan fingerprint density at radius 1 is 1.35 bits per heavy atom. The van der Waals surface area contributed by atoms with Crippen molar-refractivity contribution in [2.75, 3.05) is 19.3 Å². The van der Waals surface area contributed by atoms with Crippen molar-refractivity contribution in [2.24, 2.45) is 0 Å². The quantitative estimate of drug-likeness (QED) is 0.422. The minimum Gasteiger partial charge on any atom is -0.350 e. The highest BCUT2D eigenvalue weighted by molar-refractivity contribution is 7.98. The number of carbonyl (C=O) groups is 2. The van der Waals surface area contributed by atoms with Crippen molar-refractivity contribution in [3.8, 4) is 0 Å². The van der Waals surface area contributed by atoms with E-state index in [4.69, 9.17) is 0 Å². The molecular weight excluding hydrogens is 374 g/mol. The summed E-state index contributed by atoms with van der Waals surface area (Å²) in [5.74, 6) is -0.682. The topological polar surface area (TPSA) is 92.6 Å². The fraction of sp³-hybridized carbons (Fsp3) is 0.294. The Kier molecular flexibility index (Phi) is 7.16. The molecule has 0 aliphatic carbocycles. The van der Waals surface area contributed by atoms with Crippen LogP contribution in [0, 0.1) is 10.1 Å². The van der Waals surface area contributed by atoms with Gasteiger partial charge in [-0.05, 0) is 36.8 Å². The lowest BCUT2D eigenvalue weighted by Crippen LogP contribution is -2.40. The van der Waals surface area contributed by atoms with Gasteiger partial charge in [-0.1, -0.05) is 6.07 Å². The number of amides is 2. The Labute approximate surface area is 159 Å². The van der Waals surface area contributed by atoms with Gasteiger partial charge >= 0.3 is 0 Å². The van der Waals surface area contributed by atoms with Gasteiger partial charge in [0.1, 0.15) is 0 Å². The maximum atomic E-state index is 12.6. The van der Waals surface area contributed by atoms with Gasteiger partial charge in [0.2, 0.25) is 5.91 Å². The zero-order valence-electron chi connectivity index (χ0n) is 14.4. The van der Waals surface area contributed by atoms with E-state index in [1.54, 1.807) is 25.3 Å². The van der Waals surface area contributed by atoms with Crippen LogP contribution in [0.25, 0.3) is 0 Å². The predicted octanol–water partition coefficient (Wildman–Crippen LogP) is 3.16. The number of nitrogens with zero attached hydrogens (tertiary/aromatic N) is 2. The second kappa shape index (κ2) is 9.35. The molecular formula is C17H19N3O4S2. The molecule has 1 aromatic carbocycles. The third-order valence-corrected chi connectivity index (χ3v) is 5.33. The van der Waals surface area contributed by atoms with Crippen LogP contribution in [0.1, 0.15) is 22.2 Å². The molecule has 0 atom stereocenters. The van der Waals surface area contributed by atoms with Crippen molar-refractivity contribution < 1.29 is 14.5 Å². The van der Waals surface area contributed by atoms with Crippen LogP contribution in [0.2, 0.25) is 0 Å². The summed E-state index contributed by atoms with van der Waals surface area (Å²) in [5.41, 5.74) is 0.0870. The summed E-state index contributed by atoms with van der Waals surface area (Å²) in [5, 5.41) is 15.9. The van der Waals surface area contributed by atoms with Gasteiger partial charge in [-0.15, -0.1) is 23.1 Å². The highest BCUT2D eigenvalue weighted by Crippen LogP contribution is 2.28. The number of hydrogen-bond acceptors (Lipinski definition) is 6. The van der Waals surface area contributed by atoms with Crippen molar-refractivity contribution >= 4 is 40.6 Å². The minimum atomic E-state index is -0.507. The monoisotopic (exact) mass is 393 g/mol. The van der Waals surface area contributed by atoms with Crippen molar-refractivity contribution in [3.05, 3.63) is 56.3 Å². The smallest absolute Gasteiger partial charge is 0.283 e. The Balaban J connectivity index is 2.06. The van der Waals surface area contributed by atoms with E-state index in [1.807, 2.05) is 17.5 Å². The molecule has 0 saturated carbocycles. The van der Waals surface area contributed by atoms with E-state index < -0.39 is 10.8 Å². The number of rotatable bonds is 8. The van der Waals surface area contributed by atoms with E-state index in [0.717, 1.165) is 4.88 Å². The van der Waals surface area contributed by atoms with Crippen molar-refractivity contribution in [3.63, 3.8) is 0 Å². The molecule has 7 nitrogen and oxygen atoms in total. The van der Waals surface area contributed by atoms with E-state index in [0.29, 0.717) is 18.0 Å². The average molecular weight is 393 g/mol. The van der Waals surface area contributed by atoms with Gasteiger partial charge in [-0.2, -0.15) is 0 Å². The Hall–Kier alpha value is -2.39. The second-order valence-corrected chi connectivity index (χ2v) is 7.20. The van der Waals surface area contributed by atoms with Crippen LogP contribution < -0.4 is 5.32 Å². The molecule has 138 valence electrons. The average Bonchev–Trinajstić information content (AvgIpc) is 3.16. The van der Waals surface area contributed by atoms with Gasteiger partial charge < -0.3 is 10.2 Å². The first-order chi connectivity index (χ1) is 12.5. The number of thioether (sulfide) groups is 1. The first-order valence-electron chi connectivity index (χ1n) is 7.87. The molecule has 0 saturated heterocycles. The summed E-state index contributed by atoms with van der Waals surface area (Å²) in [7, 11) is 0. The number of thiophene rings is 1. The van der Waals surface area contributed by atoms with Gasteiger partial charge in [0.25, 0.3) is 11.6 Å². The zero-order valence-corrected chi connectivity index (χ0v) is 16.1. The van der Waals surface area contributed by atoms with E-state index in [2.05, 4.69) is 5.32 Å². The van der Waals surface area contributed by atoms with E-state index in [1.165, 1.54) is 34.1 Å². The number of nitro benzene ring substituents is 1. The standard InChI is InChI=1S/C17H19N3O4S2/c1-3-19(11-16(21)18-10-13-5-4-8-26-13)17(22)12-6-7-15(25-2)14(9-12)20(23)24/h4-9H,3,10-11H2,1-2H3,(H,18,21). The van der Waals surface area contributed by atoms with Crippen LogP contribution >= 0.6 is 23.1 Å². The number of nitro groups is 1. The van der Waals surface area contributed by atoms with Crippen LogP contribution in [0.15, 0.2) is 40.6 Å². The lowest BCUT2D eigenvalue weighted by molar-refractivity contribution is -0.387.